The predicted molar refractivity (Wildman–Crippen MR) is 87.2 cm³/mol. The van der Waals surface area contributed by atoms with Crippen molar-refractivity contribution in [3.05, 3.63) is 45.4 Å². The zero-order chi connectivity index (χ0) is 15.5. The Kier molecular flexibility index (Phi) is 4.43. The minimum absolute atomic E-state index is 0.0746. The Morgan fingerprint density at radius 1 is 1.41 bits per heavy atom. The molecule has 4 nitrogen and oxygen atoms in total. The SMILES string of the molecule is COc1ccc(CNC(=O)C2CCc3nc(C)sc3C2)cc1. The number of nitrogens with one attached hydrogen (secondary N) is 1. The number of ether oxygens (including phenoxy) is 1. The molecule has 116 valence electrons. The monoisotopic (exact) mass is 316 g/mol. The van der Waals surface area contributed by atoms with Crippen LogP contribution in [0.2, 0.25) is 0 Å². The number of fused-ring (bicyclic) bond motifs is 1. The number of hydrogen-bond donors (Lipinski definition) is 1. The molecule has 1 aliphatic carbocycles. The number of methoxy groups -OCH3 is 1. The fourth-order valence-corrected chi connectivity index (χ4v) is 3.87. The van der Waals surface area contributed by atoms with Crippen LogP contribution < -0.4 is 10.1 Å². The summed E-state index contributed by atoms with van der Waals surface area (Å²) in [5.74, 6) is 1.05. The minimum atomic E-state index is 0.0746. The topological polar surface area (TPSA) is 51.2 Å². The van der Waals surface area contributed by atoms with Gasteiger partial charge in [-0.3, -0.25) is 4.79 Å². The molecule has 0 radical (unpaired) electrons. The normalized spacial score (nSPS) is 16.9. The van der Waals surface area contributed by atoms with Crippen molar-refractivity contribution in [2.24, 2.45) is 5.92 Å². The average molecular weight is 316 g/mol. The smallest absolute Gasteiger partial charge is 0.223 e. The zero-order valence-electron chi connectivity index (χ0n) is 12.9. The third-order valence-corrected chi connectivity index (χ3v) is 5.08. The van der Waals surface area contributed by atoms with E-state index in [4.69, 9.17) is 4.74 Å². The van der Waals surface area contributed by atoms with E-state index in [0.717, 1.165) is 35.6 Å². The summed E-state index contributed by atoms with van der Waals surface area (Å²) in [5, 5.41) is 4.15. The van der Waals surface area contributed by atoms with Crippen molar-refractivity contribution in [1.82, 2.24) is 10.3 Å². The summed E-state index contributed by atoms with van der Waals surface area (Å²) in [6, 6.07) is 7.78. The van der Waals surface area contributed by atoms with Gasteiger partial charge >= 0.3 is 0 Å². The van der Waals surface area contributed by atoms with Crippen LogP contribution in [0.25, 0.3) is 0 Å². The fraction of sp³-hybridized carbons (Fsp3) is 0.412. The lowest BCUT2D eigenvalue weighted by Crippen LogP contribution is -2.33. The molecule has 0 fully saturated rings. The second kappa shape index (κ2) is 6.48. The number of aromatic nitrogens is 1. The van der Waals surface area contributed by atoms with Gasteiger partial charge in [0.2, 0.25) is 5.91 Å². The highest BCUT2D eigenvalue weighted by atomic mass is 32.1. The molecule has 22 heavy (non-hydrogen) atoms. The number of hydrogen-bond acceptors (Lipinski definition) is 4. The largest absolute Gasteiger partial charge is 0.497 e. The Morgan fingerprint density at radius 3 is 2.91 bits per heavy atom. The second-order valence-corrected chi connectivity index (χ2v) is 6.90. The highest BCUT2D eigenvalue weighted by Crippen LogP contribution is 2.29. The minimum Gasteiger partial charge on any atom is -0.497 e. The first-order chi connectivity index (χ1) is 10.7. The molecule has 1 amide bonds. The summed E-state index contributed by atoms with van der Waals surface area (Å²) < 4.78 is 5.13. The second-order valence-electron chi connectivity index (χ2n) is 5.61. The van der Waals surface area contributed by atoms with Crippen LogP contribution in [-0.4, -0.2) is 18.0 Å². The molecule has 0 saturated heterocycles. The number of amides is 1. The van der Waals surface area contributed by atoms with Crippen molar-refractivity contribution < 1.29 is 9.53 Å². The van der Waals surface area contributed by atoms with Crippen LogP contribution >= 0.6 is 11.3 Å². The van der Waals surface area contributed by atoms with Gasteiger partial charge in [-0.25, -0.2) is 4.98 Å². The highest BCUT2D eigenvalue weighted by molar-refractivity contribution is 7.11. The van der Waals surface area contributed by atoms with Crippen molar-refractivity contribution in [3.63, 3.8) is 0 Å². The first-order valence-corrected chi connectivity index (χ1v) is 8.33. The van der Waals surface area contributed by atoms with Crippen LogP contribution in [0, 0.1) is 12.8 Å². The maximum atomic E-state index is 12.4. The molecule has 1 heterocycles. The summed E-state index contributed by atoms with van der Waals surface area (Å²) in [6.07, 6.45) is 2.64. The third-order valence-electron chi connectivity index (χ3n) is 4.04. The first kappa shape index (κ1) is 15.0. The number of thiazole rings is 1. The fourth-order valence-electron chi connectivity index (χ4n) is 2.80. The Balaban J connectivity index is 1.56. The van der Waals surface area contributed by atoms with Crippen LogP contribution in [0.3, 0.4) is 0 Å². The maximum absolute atomic E-state index is 12.4. The van der Waals surface area contributed by atoms with E-state index in [-0.39, 0.29) is 11.8 Å². The van der Waals surface area contributed by atoms with E-state index in [0.29, 0.717) is 6.54 Å². The Morgan fingerprint density at radius 2 is 2.18 bits per heavy atom. The predicted octanol–water partition coefficient (Wildman–Crippen LogP) is 2.88. The van der Waals surface area contributed by atoms with Crippen molar-refractivity contribution in [2.45, 2.75) is 32.7 Å². The van der Waals surface area contributed by atoms with Gasteiger partial charge < -0.3 is 10.1 Å². The Hall–Kier alpha value is -1.88. The Labute approximate surface area is 134 Å². The van der Waals surface area contributed by atoms with Crippen molar-refractivity contribution >= 4 is 17.2 Å². The summed E-state index contributed by atoms with van der Waals surface area (Å²) in [5.41, 5.74) is 2.28. The van der Waals surface area contributed by atoms with Crippen LogP contribution in [0.5, 0.6) is 5.75 Å². The van der Waals surface area contributed by atoms with Gasteiger partial charge in [-0.15, -0.1) is 11.3 Å². The highest BCUT2D eigenvalue weighted by Gasteiger charge is 2.26. The van der Waals surface area contributed by atoms with Crippen molar-refractivity contribution in [2.75, 3.05) is 7.11 Å². The number of carbonyl (C=O) groups excluding carboxylic acids is 1. The summed E-state index contributed by atoms with van der Waals surface area (Å²) in [4.78, 5) is 18.2. The molecule has 3 rings (SSSR count). The number of rotatable bonds is 4. The molecule has 1 unspecified atom stereocenters. The molecule has 1 aromatic heterocycles. The van der Waals surface area contributed by atoms with Gasteiger partial charge in [0.1, 0.15) is 5.75 Å². The molecule has 0 bridgehead atoms. The van der Waals surface area contributed by atoms with Gasteiger partial charge in [-0.1, -0.05) is 12.1 Å². The van der Waals surface area contributed by atoms with E-state index < -0.39 is 0 Å². The molecule has 1 atom stereocenters. The van der Waals surface area contributed by atoms with Crippen molar-refractivity contribution in [1.29, 1.82) is 0 Å². The Bertz CT molecular complexity index is 664. The number of aryl methyl sites for hydroxylation is 2. The van der Waals surface area contributed by atoms with Crippen LogP contribution in [-0.2, 0) is 24.2 Å². The average Bonchev–Trinajstić information content (AvgIpc) is 2.92. The molecule has 1 N–H and O–H groups in total. The molecule has 1 aromatic carbocycles. The number of carbonyl (C=O) groups is 1. The van der Waals surface area contributed by atoms with Gasteiger partial charge in [0.15, 0.2) is 0 Å². The summed E-state index contributed by atoms with van der Waals surface area (Å²) >= 11 is 1.72. The van der Waals surface area contributed by atoms with Crippen LogP contribution in [0.15, 0.2) is 24.3 Å². The summed E-state index contributed by atoms with van der Waals surface area (Å²) in [6.45, 7) is 2.59. The molecular weight excluding hydrogens is 296 g/mol. The van der Waals surface area contributed by atoms with Gasteiger partial charge in [0.05, 0.1) is 17.8 Å². The van der Waals surface area contributed by atoms with Crippen LogP contribution in [0.1, 0.15) is 27.6 Å². The van der Waals surface area contributed by atoms with Gasteiger partial charge in [-0.2, -0.15) is 0 Å². The maximum Gasteiger partial charge on any atom is 0.223 e. The lowest BCUT2D eigenvalue weighted by Gasteiger charge is -2.20. The number of benzene rings is 1. The van der Waals surface area contributed by atoms with E-state index in [1.807, 2.05) is 31.2 Å². The van der Waals surface area contributed by atoms with Crippen LogP contribution in [0.4, 0.5) is 0 Å². The number of nitrogens with zero attached hydrogens (tertiary/aromatic N) is 1. The molecule has 0 saturated carbocycles. The van der Waals surface area contributed by atoms with E-state index in [1.54, 1.807) is 18.4 Å². The molecule has 0 spiro atoms. The van der Waals surface area contributed by atoms with Gasteiger partial charge in [-0.05, 0) is 43.9 Å². The third kappa shape index (κ3) is 3.30. The molecule has 0 aliphatic heterocycles. The van der Waals surface area contributed by atoms with E-state index >= 15 is 0 Å². The zero-order valence-corrected chi connectivity index (χ0v) is 13.7. The van der Waals surface area contributed by atoms with E-state index in [1.165, 1.54) is 10.6 Å². The standard InChI is InChI=1S/C17H20N2O2S/c1-11-19-15-8-5-13(9-16(15)22-11)17(20)18-10-12-3-6-14(21-2)7-4-12/h3-4,6-7,13H,5,8-10H2,1-2H3,(H,18,20). The van der Waals surface area contributed by atoms with E-state index in [2.05, 4.69) is 10.3 Å². The molecule has 1 aliphatic rings. The summed E-state index contributed by atoms with van der Waals surface area (Å²) in [7, 11) is 1.65. The molecule has 5 heteroatoms. The van der Waals surface area contributed by atoms with Gasteiger partial charge in [0, 0.05) is 17.3 Å². The lowest BCUT2D eigenvalue weighted by molar-refractivity contribution is -0.125. The molecular formula is C17H20N2O2S. The molecule has 2 aromatic rings. The quantitative estimate of drug-likeness (QED) is 0.943. The van der Waals surface area contributed by atoms with Crippen molar-refractivity contribution in [3.8, 4) is 5.75 Å². The first-order valence-electron chi connectivity index (χ1n) is 7.51. The van der Waals surface area contributed by atoms with Gasteiger partial charge in [0.25, 0.3) is 0 Å². The van der Waals surface area contributed by atoms with E-state index in [9.17, 15) is 4.79 Å². The lowest BCUT2D eigenvalue weighted by atomic mass is 9.90.